The highest BCUT2D eigenvalue weighted by Gasteiger charge is 2.28. The first-order valence-electron chi connectivity index (χ1n) is 8.69. The lowest BCUT2D eigenvalue weighted by atomic mass is 10.0. The highest BCUT2D eigenvalue weighted by atomic mass is 16.4. The Bertz CT molecular complexity index is 778. The van der Waals surface area contributed by atoms with Gasteiger partial charge in [-0.15, -0.1) is 0 Å². The number of carbonyl (C=O) groups excluding carboxylic acids is 1. The van der Waals surface area contributed by atoms with E-state index >= 15 is 0 Å². The molecule has 7 nitrogen and oxygen atoms in total. The molecule has 1 saturated heterocycles. The molecule has 2 aromatic rings. The van der Waals surface area contributed by atoms with Crippen molar-refractivity contribution in [1.29, 1.82) is 0 Å². The summed E-state index contributed by atoms with van der Waals surface area (Å²) in [6.07, 6.45) is 5.23. The van der Waals surface area contributed by atoms with Gasteiger partial charge in [0.2, 0.25) is 5.91 Å². The fourth-order valence-corrected chi connectivity index (χ4v) is 3.40. The first kappa shape index (κ1) is 17.4. The Morgan fingerprint density at radius 3 is 2.72 bits per heavy atom. The molecule has 0 radical (unpaired) electrons. The Balaban J connectivity index is 1.81. The van der Waals surface area contributed by atoms with Gasteiger partial charge in [-0.3, -0.25) is 4.79 Å². The summed E-state index contributed by atoms with van der Waals surface area (Å²) in [6, 6.07) is 1.52. The number of nitrogens with zero attached hydrogens (tertiary/aromatic N) is 2. The van der Waals surface area contributed by atoms with Gasteiger partial charge in [0.05, 0.1) is 11.6 Å². The van der Waals surface area contributed by atoms with E-state index < -0.39 is 5.97 Å². The number of carboxylic acids is 1. The zero-order valence-electron chi connectivity index (χ0n) is 14.6. The number of aromatic carboxylic acids is 1. The number of fused-ring (bicyclic) bond motifs is 1. The topological polar surface area (TPSA) is 98.3 Å². The first-order chi connectivity index (χ1) is 12.0. The van der Waals surface area contributed by atoms with Crippen LogP contribution in [0.15, 0.2) is 18.5 Å². The smallest absolute Gasteiger partial charge is 0.337 e. The van der Waals surface area contributed by atoms with Crippen molar-refractivity contribution in [2.24, 2.45) is 5.92 Å². The lowest BCUT2D eigenvalue weighted by Gasteiger charge is -2.27. The van der Waals surface area contributed by atoms with Crippen molar-refractivity contribution < 1.29 is 14.7 Å². The lowest BCUT2D eigenvalue weighted by Crippen LogP contribution is -2.48. The van der Waals surface area contributed by atoms with Crippen molar-refractivity contribution >= 4 is 22.9 Å². The van der Waals surface area contributed by atoms with E-state index in [2.05, 4.69) is 15.3 Å². The van der Waals surface area contributed by atoms with Crippen LogP contribution in [-0.4, -0.2) is 51.0 Å². The molecule has 1 aliphatic rings. The largest absolute Gasteiger partial charge is 0.478 e. The zero-order valence-corrected chi connectivity index (χ0v) is 14.6. The maximum Gasteiger partial charge on any atom is 0.337 e. The Kier molecular flexibility index (Phi) is 5.03. The fraction of sp³-hybridized carbons (Fsp3) is 0.500. The average molecular weight is 344 g/mol. The van der Waals surface area contributed by atoms with Crippen molar-refractivity contribution in [1.82, 2.24) is 20.2 Å². The van der Waals surface area contributed by atoms with Crippen LogP contribution in [0.5, 0.6) is 0 Å². The van der Waals surface area contributed by atoms with Gasteiger partial charge in [0.15, 0.2) is 0 Å². The van der Waals surface area contributed by atoms with Crippen LogP contribution in [0.2, 0.25) is 0 Å². The van der Waals surface area contributed by atoms with Crippen LogP contribution in [0.4, 0.5) is 0 Å². The molecule has 1 atom stereocenters. The summed E-state index contributed by atoms with van der Waals surface area (Å²) in [5.41, 5.74) is 1.57. The van der Waals surface area contributed by atoms with E-state index in [4.69, 9.17) is 0 Å². The summed E-state index contributed by atoms with van der Waals surface area (Å²) in [4.78, 5) is 33.2. The quantitative estimate of drug-likeness (QED) is 0.744. The third kappa shape index (κ3) is 3.51. The molecule has 1 fully saturated rings. The van der Waals surface area contributed by atoms with Crippen molar-refractivity contribution in [3.63, 3.8) is 0 Å². The molecular formula is C18H24N4O3. The molecule has 3 N–H and O–H groups in total. The second-order valence-electron chi connectivity index (χ2n) is 6.84. The maximum absolute atomic E-state index is 12.7. The van der Waals surface area contributed by atoms with Gasteiger partial charge < -0.3 is 20.3 Å². The minimum absolute atomic E-state index is 0.130. The van der Waals surface area contributed by atoms with Gasteiger partial charge in [-0.05, 0) is 30.4 Å². The molecule has 25 heavy (non-hydrogen) atoms. The number of likely N-dealkylation sites (tertiary alicyclic amines) is 1. The molecule has 0 saturated carbocycles. The molecule has 3 heterocycles. The zero-order chi connectivity index (χ0) is 18.0. The standard InChI is InChI=1S/C18H24N4O3/c1-11(2)15(17(23)22-7-3-4-8-22)20-9-12-5-6-19-16-14(12)13(10-21-16)18(24)25/h5-6,10-11,15,20H,3-4,7-9H2,1-2H3,(H,19,21)(H,24,25)/t15-/m1/s1. The van der Waals surface area contributed by atoms with Gasteiger partial charge in [0.25, 0.3) is 0 Å². The van der Waals surface area contributed by atoms with Crippen LogP contribution >= 0.6 is 0 Å². The number of carbonyl (C=O) groups is 2. The summed E-state index contributed by atoms with van der Waals surface area (Å²) in [7, 11) is 0. The van der Waals surface area contributed by atoms with Crippen molar-refractivity contribution in [3.8, 4) is 0 Å². The summed E-state index contributed by atoms with van der Waals surface area (Å²) in [5, 5.41) is 13.3. The monoisotopic (exact) mass is 344 g/mol. The predicted octanol–water partition coefficient (Wildman–Crippen LogP) is 2.00. The number of nitrogens with one attached hydrogen (secondary N) is 2. The number of hydrogen-bond acceptors (Lipinski definition) is 4. The molecule has 0 spiro atoms. The van der Waals surface area contributed by atoms with Crippen LogP contribution in [0, 0.1) is 5.92 Å². The molecule has 2 aromatic heterocycles. The number of rotatable bonds is 6. The third-order valence-electron chi connectivity index (χ3n) is 4.75. The van der Waals surface area contributed by atoms with Gasteiger partial charge in [0.1, 0.15) is 5.65 Å². The summed E-state index contributed by atoms with van der Waals surface area (Å²) in [5.74, 6) is -0.713. The fourth-order valence-electron chi connectivity index (χ4n) is 3.40. The minimum atomic E-state index is -0.992. The Morgan fingerprint density at radius 1 is 1.36 bits per heavy atom. The highest BCUT2D eigenvalue weighted by molar-refractivity contribution is 6.03. The van der Waals surface area contributed by atoms with Gasteiger partial charge in [-0.1, -0.05) is 13.8 Å². The molecule has 134 valence electrons. The van der Waals surface area contributed by atoms with E-state index in [-0.39, 0.29) is 23.4 Å². The van der Waals surface area contributed by atoms with E-state index in [1.165, 1.54) is 6.20 Å². The number of H-pyrrole nitrogens is 1. The Hall–Kier alpha value is -2.41. The second-order valence-corrected chi connectivity index (χ2v) is 6.84. The van der Waals surface area contributed by atoms with Crippen LogP contribution in [0.25, 0.3) is 11.0 Å². The first-order valence-corrected chi connectivity index (χ1v) is 8.69. The van der Waals surface area contributed by atoms with E-state index in [1.54, 1.807) is 12.3 Å². The van der Waals surface area contributed by atoms with Gasteiger partial charge >= 0.3 is 5.97 Å². The van der Waals surface area contributed by atoms with Crippen LogP contribution < -0.4 is 5.32 Å². The second kappa shape index (κ2) is 7.23. The Morgan fingerprint density at radius 2 is 2.08 bits per heavy atom. The molecule has 1 aliphatic heterocycles. The summed E-state index contributed by atoms with van der Waals surface area (Å²) < 4.78 is 0. The van der Waals surface area contributed by atoms with E-state index in [0.717, 1.165) is 31.5 Å². The van der Waals surface area contributed by atoms with E-state index in [0.29, 0.717) is 17.6 Å². The number of amides is 1. The van der Waals surface area contributed by atoms with Crippen molar-refractivity contribution in [3.05, 3.63) is 29.6 Å². The minimum Gasteiger partial charge on any atom is -0.478 e. The average Bonchev–Trinajstić information content (AvgIpc) is 3.24. The van der Waals surface area contributed by atoms with Crippen LogP contribution in [-0.2, 0) is 11.3 Å². The highest BCUT2D eigenvalue weighted by Crippen LogP contribution is 2.22. The molecule has 7 heteroatoms. The lowest BCUT2D eigenvalue weighted by molar-refractivity contribution is -0.133. The third-order valence-corrected chi connectivity index (χ3v) is 4.75. The number of aromatic amines is 1. The maximum atomic E-state index is 12.7. The van der Waals surface area contributed by atoms with Gasteiger partial charge in [-0.2, -0.15) is 0 Å². The van der Waals surface area contributed by atoms with Crippen LogP contribution in [0.1, 0.15) is 42.6 Å². The van der Waals surface area contributed by atoms with Crippen molar-refractivity contribution in [2.75, 3.05) is 13.1 Å². The van der Waals surface area contributed by atoms with Gasteiger partial charge in [-0.25, -0.2) is 9.78 Å². The van der Waals surface area contributed by atoms with Gasteiger partial charge in [0, 0.05) is 37.4 Å². The number of pyridine rings is 1. The summed E-state index contributed by atoms with van der Waals surface area (Å²) >= 11 is 0. The number of aromatic nitrogens is 2. The van der Waals surface area contributed by atoms with Crippen LogP contribution in [0.3, 0.4) is 0 Å². The molecule has 0 bridgehead atoms. The molecule has 1 amide bonds. The molecule has 0 aliphatic carbocycles. The van der Waals surface area contributed by atoms with E-state index in [1.807, 2.05) is 18.7 Å². The summed E-state index contributed by atoms with van der Waals surface area (Å²) in [6.45, 7) is 6.10. The Labute approximate surface area is 146 Å². The SMILES string of the molecule is CC(C)[C@@H](NCc1ccnc2[nH]cc(C(=O)O)c12)C(=O)N1CCCC1. The molecule has 0 unspecified atom stereocenters. The number of carboxylic acid groups (broad SMARTS) is 1. The predicted molar refractivity (Wildman–Crippen MR) is 94.3 cm³/mol. The molecule has 0 aromatic carbocycles. The number of hydrogen-bond donors (Lipinski definition) is 3. The normalized spacial score (nSPS) is 15.9. The molecule has 3 rings (SSSR count). The molecular weight excluding hydrogens is 320 g/mol. The van der Waals surface area contributed by atoms with Crippen molar-refractivity contribution in [2.45, 2.75) is 39.3 Å². The van der Waals surface area contributed by atoms with E-state index in [9.17, 15) is 14.7 Å².